The first kappa shape index (κ1) is 18.7. The summed E-state index contributed by atoms with van der Waals surface area (Å²) in [7, 11) is -3.05. The van der Waals surface area contributed by atoms with Crippen molar-refractivity contribution in [1.82, 2.24) is 5.32 Å². The first-order chi connectivity index (χ1) is 11.4. The van der Waals surface area contributed by atoms with Crippen LogP contribution in [0.15, 0.2) is 48.5 Å². The van der Waals surface area contributed by atoms with Gasteiger partial charge in [0.25, 0.3) is 0 Å². The van der Waals surface area contributed by atoms with E-state index in [1.807, 2.05) is 30.3 Å². The van der Waals surface area contributed by atoms with Gasteiger partial charge in [-0.25, -0.2) is 8.42 Å². The van der Waals surface area contributed by atoms with Crippen LogP contribution in [0.25, 0.3) is 0 Å². The maximum Gasteiger partial charge on any atom is 0.154 e. The van der Waals surface area contributed by atoms with E-state index in [1.54, 1.807) is 0 Å². The fourth-order valence-corrected chi connectivity index (χ4v) is 4.09. The number of hydrogen-bond donors (Lipinski definition) is 1. The van der Waals surface area contributed by atoms with Crippen LogP contribution in [-0.4, -0.2) is 20.7 Å². The Kier molecular flexibility index (Phi) is 6.58. The second kappa shape index (κ2) is 8.45. The molecule has 3 nitrogen and oxygen atoms in total. The predicted octanol–water partition coefficient (Wildman–Crippen LogP) is 3.96. The maximum absolute atomic E-state index is 12.2. The van der Waals surface area contributed by atoms with E-state index in [4.69, 9.17) is 0 Å². The molecule has 0 aliphatic heterocycles. The molecule has 0 saturated heterocycles. The van der Waals surface area contributed by atoms with Crippen molar-refractivity contribution < 1.29 is 8.42 Å². The predicted molar refractivity (Wildman–Crippen MR) is 101 cm³/mol. The minimum absolute atomic E-state index is 0.126. The Morgan fingerprint density at radius 3 is 2.38 bits per heavy atom. The van der Waals surface area contributed by atoms with Crippen LogP contribution in [-0.2, 0) is 15.6 Å². The van der Waals surface area contributed by atoms with Crippen LogP contribution in [0.3, 0.4) is 0 Å². The van der Waals surface area contributed by atoms with Crippen LogP contribution in [0, 0.1) is 13.8 Å². The number of hydrogen-bond acceptors (Lipinski definition) is 3. The molecule has 1 N–H and O–H groups in total. The van der Waals surface area contributed by atoms with Crippen molar-refractivity contribution in [1.29, 1.82) is 0 Å². The summed E-state index contributed by atoms with van der Waals surface area (Å²) in [5.74, 6) is 0.342. The van der Waals surface area contributed by atoms with Gasteiger partial charge in [-0.15, -0.1) is 0 Å². The quantitative estimate of drug-likeness (QED) is 0.737. The summed E-state index contributed by atoms with van der Waals surface area (Å²) < 4.78 is 24.3. The standard InChI is InChI=1S/C20H27NO2S/c1-16-10-11-20(14-17(16)2)18(3)21-12-7-13-24(22,23)15-19-8-5-4-6-9-19/h4-6,8-11,14,18,21H,7,12-13,15H2,1-3H3. The monoisotopic (exact) mass is 345 g/mol. The van der Waals surface area contributed by atoms with Crippen molar-refractivity contribution in [2.24, 2.45) is 0 Å². The molecule has 0 bridgehead atoms. The fourth-order valence-electron chi connectivity index (χ4n) is 2.66. The Morgan fingerprint density at radius 2 is 1.71 bits per heavy atom. The molecule has 2 rings (SSSR count). The van der Waals surface area contributed by atoms with E-state index in [-0.39, 0.29) is 17.5 Å². The van der Waals surface area contributed by atoms with Crippen molar-refractivity contribution in [3.63, 3.8) is 0 Å². The molecule has 4 heteroatoms. The minimum Gasteiger partial charge on any atom is -0.310 e. The van der Waals surface area contributed by atoms with Crippen molar-refractivity contribution in [2.45, 2.75) is 39.0 Å². The SMILES string of the molecule is Cc1ccc(C(C)NCCCS(=O)(=O)Cc2ccccc2)cc1C. The van der Waals surface area contributed by atoms with E-state index in [0.717, 1.165) is 5.56 Å². The molecule has 2 aromatic carbocycles. The topological polar surface area (TPSA) is 46.2 Å². The van der Waals surface area contributed by atoms with E-state index in [9.17, 15) is 8.42 Å². The van der Waals surface area contributed by atoms with Gasteiger partial charge in [0.05, 0.1) is 11.5 Å². The minimum atomic E-state index is -3.05. The second-order valence-electron chi connectivity index (χ2n) is 6.45. The zero-order chi connectivity index (χ0) is 17.6. The summed E-state index contributed by atoms with van der Waals surface area (Å²) in [5, 5.41) is 3.42. The summed E-state index contributed by atoms with van der Waals surface area (Å²) in [6.07, 6.45) is 0.629. The molecule has 0 saturated carbocycles. The van der Waals surface area contributed by atoms with Gasteiger partial charge in [0.2, 0.25) is 0 Å². The van der Waals surface area contributed by atoms with Crippen LogP contribution in [0.1, 0.15) is 41.6 Å². The summed E-state index contributed by atoms with van der Waals surface area (Å²) in [4.78, 5) is 0. The zero-order valence-corrected chi connectivity index (χ0v) is 15.6. The molecule has 24 heavy (non-hydrogen) atoms. The molecule has 130 valence electrons. The summed E-state index contributed by atoms with van der Waals surface area (Å²) in [6.45, 7) is 7.03. The van der Waals surface area contributed by atoms with E-state index in [0.29, 0.717) is 13.0 Å². The van der Waals surface area contributed by atoms with E-state index >= 15 is 0 Å². The Labute approximate surface area is 146 Å². The lowest BCUT2D eigenvalue weighted by Gasteiger charge is -2.15. The van der Waals surface area contributed by atoms with Gasteiger partial charge in [0, 0.05) is 6.04 Å². The molecule has 0 aliphatic carbocycles. The molecular formula is C20H27NO2S. The molecule has 1 unspecified atom stereocenters. The molecule has 0 fully saturated rings. The van der Waals surface area contributed by atoms with Gasteiger partial charge in [0.1, 0.15) is 0 Å². The van der Waals surface area contributed by atoms with Crippen LogP contribution < -0.4 is 5.32 Å². The van der Waals surface area contributed by atoms with Gasteiger partial charge >= 0.3 is 0 Å². The van der Waals surface area contributed by atoms with Gasteiger partial charge in [-0.2, -0.15) is 0 Å². The molecule has 0 heterocycles. The maximum atomic E-state index is 12.2. The number of rotatable bonds is 8. The smallest absolute Gasteiger partial charge is 0.154 e. The van der Waals surface area contributed by atoms with Crippen molar-refractivity contribution >= 4 is 9.84 Å². The lowest BCUT2D eigenvalue weighted by molar-refractivity contribution is 0.559. The van der Waals surface area contributed by atoms with Crippen LogP contribution >= 0.6 is 0 Å². The highest BCUT2D eigenvalue weighted by Gasteiger charge is 2.12. The number of nitrogens with one attached hydrogen (secondary N) is 1. The van der Waals surface area contributed by atoms with Crippen LogP contribution in [0.5, 0.6) is 0 Å². The van der Waals surface area contributed by atoms with Gasteiger partial charge < -0.3 is 5.32 Å². The Bertz CT molecular complexity index is 754. The lowest BCUT2D eigenvalue weighted by Crippen LogP contribution is -2.22. The summed E-state index contributed by atoms with van der Waals surface area (Å²) >= 11 is 0. The molecule has 0 aromatic heterocycles. The van der Waals surface area contributed by atoms with E-state index in [2.05, 4.69) is 44.3 Å². The van der Waals surface area contributed by atoms with Gasteiger partial charge in [-0.05, 0) is 56.0 Å². The van der Waals surface area contributed by atoms with Crippen molar-refractivity contribution in [3.8, 4) is 0 Å². The molecule has 1 atom stereocenters. The molecular weight excluding hydrogens is 318 g/mol. The third-order valence-corrected chi connectivity index (χ3v) is 6.03. The van der Waals surface area contributed by atoms with E-state index in [1.165, 1.54) is 16.7 Å². The second-order valence-corrected chi connectivity index (χ2v) is 8.63. The third kappa shape index (κ3) is 5.77. The lowest BCUT2D eigenvalue weighted by atomic mass is 10.0. The molecule has 0 spiro atoms. The summed E-state index contributed by atoms with van der Waals surface area (Å²) in [6, 6.07) is 16.0. The highest BCUT2D eigenvalue weighted by molar-refractivity contribution is 7.90. The summed E-state index contributed by atoms with van der Waals surface area (Å²) in [5.41, 5.74) is 4.67. The van der Waals surface area contributed by atoms with Gasteiger partial charge in [-0.3, -0.25) is 0 Å². The Hall–Kier alpha value is -1.65. The Balaban J connectivity index is 1.78. The van der Waals surface area contributed by atoms with Crippen molar-refractivity contribution in [2.75, 3.05) is 12.3 Å². The Morgan fingerprint density at radius 1 is 1.00 bits per heavy atom. The van der Waals surface area contributed by atoms with Gasteiger partial charge in [-0.1, -0.05) is 48.5 Å². The zero-order valence-electron chi connectivity index (χ0n) is 14.7. The average molecular weight is 346 g/mol. The normalized spacial score (nSPS) is 13.0. The highest BCUT2D eigenvalue weighted by atomic mass is 32.2. The van der Waals surface area contributed by atoms with Gasteiger partial charge in [0.15, 0.2) is 9.84 Å². The molecule has 0 radical (unpaired) electrons. The first-order valence-electron chi connectivity index (χ1n) is 8.42. The molecule has 0 amide bonds. The molecule has 0 aliphatic rings. The van der Waals surface area contributed by atoms with Crippen LogP contribution in [0.2, 0.25) is 0 Å². The fraction of sp³-hybridized carbons (Fsp3) is 0.400. The van der Waals surface area contributed by atoms with Crippen LogP contribution in [0.4, 0.5) is 0 Å². The highest BCUT2D eigenvalue weighted by Crippen LogP contribution is 2.16. The number of benzene rings is 2. The number of sulfone groups is 1. The van der Waals surface area contributed by atoms with E-state index < -0.39 is 9.84 Å². The molecule has 2 aromatic rings. The van der Waals surface area contributed by atoms with Crippen molar-refractivity contribution in [3.05, 3.63) is 70.8 Å². The first-order valence-corrected chi connectivity index (χ1v) is 10.2. The number of aryl methyl sites for hydroxylation is 2. The largest absolute Gasteiger partial charge is 0.310 e. The average Bonchev–Trinajstić information content (AvgIpc) is 2.54. The third-order valence-electron chi connectivity index (χ3n) is 4.34.